The Balaban J connectivity index is 2.18. The molecule has 5 heteroatoms. The van der Waals surface area contributed by atoms with E-state index >= 15 is 0 Å². The molecule has 1 atom stereocenters. The molecule has 1 heterocycles. The Morgan fingerprint density at radius 1 is 1.38 bits per heavy atom. The average molecular weight is 346 g/mol. The van der Waals surface area contributed by atoms with E-state index in [4.69, 9.17) is 10.00 Å². The molecule has 0 amide bonds. The highest BCUT2D eigenvalue weighted by Gasteiger charge is 2.11. The average Bonchev–Trinajstić information content (AvgIpc) is 2.53. The maximum atomic E-state index is 8.86. The van der Waals surface area contributed by atoms with Crippen LogP contribution in [0.2, 0.25) is 0 Å². The highest BCUT2D eigenvalue weighted by molar-refractivity contribution is 9.10. The van der Waals surface area contributed by atoms with Crippen LogP contribution in [-0.2, 0) is 6.61 Å². The van der Waals surface area contributed by atoms with Crippen LogP contribution in [0.1, 0.15) is 29.8 Å². The Hall–Kier alpha value is -1.90. The van der Waals surface area contributed by atoms with Crippen molar-refractivity contribution in [2.75, 3.05) is 7.05 Å². The summed E-state index contributed by atoms with van der Waals surface area (Å²) in [5, 5.41) is 12.1. The lowest BCUT2D eigenvalue weighted by molar-refractivity contribution is 0.300. The minimum absolute atomic E-state index is 0.185. The van der Waals surface area contributed by atoms with E-state index in [9.17, 15) is 0 Å². The van der Waals surface area contributed by atoms with Crippen LogP contribution in [0.25, 0.3) is 0 Å². The lowest BCUT2D eigenvalue weighted by atomic mass is 10.1. The predicted octanol–water partition coefficient (Wildman–Crippen LogP) is 3.58. The number of hydrogen-bond donors (Lipinski definition) is 1. The number of nitrogens with one attached hydrogen (secondary N) is 1. The smallest absolute Gasteiger partial charge is 0.140 e. The van der Waals surface area contributed by atoms with E-state index in [1.165, 1.54) is 0 Å². The van der Waals surface area contributed by atoms with Crippen LogP contribution in [-0.4, -0.2) is 12.0 Å². The first-order valence-electron chi connectivity index (χ1n) is 6.58. The minimum atomic E-state index is 0.185. The zero-order valence-electron chi connectivity index (χ0n) is 11.9. The van der Waals surface area contributed by atoms with Gasteiger partial charge >= 0.3 is 0 Å². The molecule has 0 fully saturated rings. The summed E-state index contributed by atoms with van der Waals surface area (Å²) in [6.07, 6.45) is 1.62. The van der Waals surface area contributed by atoms with Gasteiger partial charge in [-0.2, -0.15) is 5.26 Å². The minimum Gasteiger partial charge on any atom is -0.489 e. The van der Waals surface area contributed by atoms with E-state index in [1.54, 1.807) is 12.3 Å². The van der Waals surface area contributed by atoms with Crippen LogP contribution in [0.4, 0.5) is 0 Å². The lowest BCUT2D eigenvalue weighted by Gasteiger charge is -2.17. The summed E-state index contributed by atoms with van der Waals surface area (Å²) in [5.74, 6) is 0.829. The van der Waals surface area contributed by atoms with Crippen molar-refractivity contribution < 1.29 is 4.74 Å². The standard InChI is InChI=1S/C16H16BrN3O/c1-11(19-2)15-8-13(17)3-4-16(15)21-10-12-5-6-20-14(7-12)9-18/h3-8,11,19H,10H2,1-2H3. The molecule has 0 bridgehead atoms. The summed E-state index contributed by atoms with van der Waals surface area (Å²) in [6, 6.07) is 11.7. The predicted molar refractivity (Wildman–Crippen MR) is 84.9 cm³/mol. The molecule has 1 unspecified atom stereocenters. The molecule has 1 aromatic carbocycles. The van der Waals surface area contributed by atoms with Crippen molar-refractivity contribution in [3.8, 4) is 11.8 Å². The number of hydrogen-bond acceptors (Lipinski definition) is 4. The molecule has 0 aliphatic rings. The molecule has 0 aliphatic carbocycles. The molecular weight excluding hydrogens is 330 g/mol. The third-order valence-electron chi connectivity index (χ3n) is 3.20. The Labute approximate surface area is 132 Å². The van der Waals surface area contributed by atoms with Gasteiger partial charge in [0.25, 0.3) is 0 Å². The van der Waals surface area contributed by atoms with Crippen molar-refractivity contribution in [3.05, 3.63) is 57.8 Å². The van der Waals surface area contributed by atoms with Gasteiger partial charge in [-0.05, 0) is 49.9 Å². The van der Waals surface area contributed by atoms with Crippen molar-refractivity contribution in [1.29, 1.82) is 5.26 Å². The van der Waals surface area contributed by atoms with Crippen LogP contribution in [0, 0.1) is 11.3 Å². The normalized spacial score (nSPS) is 11.7. The molecule has 1 aromatic heterocycles. The van der Waals surface area contributed by atoms with Gasteiger partial charge in [-0.1, -0.05) is 15.9 Å². The van der Waals surface area contributed by atoms with Gasteiger partial charge in [0.15, 0.2) is 0 Å². The number of rotatable bonds is 5. The molecule has 2 aromatic rings. The van der Waals surface area contributed by atoms with Gasteiger partial charge < -0.3 is 10.1 Å². The van der Waals surface area contributed by atoms with Gasteiger partial charge in [0.05, 0.1) is 0 Å². The Morgan fingerprint density at radius 3 is 2.90 bits per heavy atom. The molecule has 0 saturated heterocycles. The van der Waals surface area contributed by atoms with Crippen LogP contribution in [0.3, 0.4) is 0 Å². The van der Waals surface area contributed by atoms with Gasteiger partial charge in [0, 0.05) is 22.3 Å². The van der Waals surface area contributed by atoms with Crippen LogP contribution in [0.15, 0.2) is 41.0 Å². The molecule has 0 spiro atoms. The van der Waals surface area contributed by atoms with Gasteiger partial charge in [-0.25, -0.2) is 4.98 Å². The first-order chi connectivity index (χ1) is 10.1. The second-order valence-electron chi connectivity index (χ2n) is 4.64. The van der Waals surface area contributed by atoms with Gasteiger partial charge in [-0.15, -0.1) is 0 Å². The zero-order valence-corrected chi connectivity index (χ0v) is 13.5. The maximum absolute atomic E-state index is 8.86. The molecule has 0 radical (unpaired) electrons. The molecule has 108 valence electrons. The van der Waals surface area contributed by atoms with E-state index in [1.807, 2.05) is 37.4 Å². The maximum Gasteiger partial charge on any atom is 0.140 e. The number of benzene rings is 1. The third kappa shape index (κ3) is 4.03. The van der Waals surface area contributed by atoms with E-state index in [-0.39, 0.29) is 6.04 Å². The van der Waals surface area contributed by atoms with E-state index in [0.717, 1.165) is 21.3 Å². The zero-order chi connectivity index (χ0) is 15.2. The quantitative estimate of drug-likeness (QED) is 0.899. The van der Waals surface area contributed by atoms with E-state index in [2.05, 4.69) is 33.2 Å². The summed E-state index contributed by atoms with van der Waals surface area (Å²) in [7, 11) is 1.91. The Bertz CT molecular complexity index is 667. The fourth-order valence-electron chi connectivity index (χ4n) is 1.93. The monoisotopic (exact) mass is 345 g/mol. The summed E-state index contributed by atoms with van der Waals surface area (Å²) < 4.78 is 6.92. The van der Waals surface area contributed by atoms with Gasteiger partial charge in [-0.3, -0.25) is 0 Å². The number of aromatic nitrogens is 1. The lowest BCUT2D eigenvalue weighted by Crippen LogP contribution is -2.13. The summed E-state index contributed by atoms with van der Waals surface area (Å²) >= 11 is 3.48. The summed E-state index contributed by atoms with van der Waals surface area (Å²) in [5.41, 5.74) is 2.41. The number of halogens is 1. The second-order valence-corrected chi connectivity index (χ2v) is 5.56. The summed E-state index contributed by atoms with van der Waals surface area (Å²) in [6.45, 7) is 2.48. The molecule has 2 rings (SSSR count). The largest absolute Gasteiger partial charge is 0.489 e. The fourth-order valence-corrected chi connectivity index (χ4v) is 2.31. The van der Waals surface area contributed by atoms with Crippen molar-refractivity contribution in [1.82, 2.24) is 10.3 Å². The SMILES string of the molecule is CNC(C)c1cc(Br)ccc1OCc1ccnc(C#N)c1. The van der Waals surface area contributed by atoms with E-state index < -0.39 is 0 Å². The molecule has 0 aliphatic heterocycles. The number of nitrogens with zero attached hydrogens (tertiary/aromatic N) is 2. The first-order valence-corrected chi connectivity index (χ1v) is 7.38. The van der Waals surface area contributed by atoms with Crippen molar-refractivity contribution >= 4 is 15.9 Å². The first kappa shape index (κ1) is 15.5. The molecular formula is C16H16BrN3O. The van der Waals surface area contributed by atoms with Crippen molar-refractivity contribution in [2.45, 2.75) is 19.6 Å². The fraction of sp³-hybridized carbons (Fsp3) is 0.250. The molecule has 1 N–H and O–H groups in total. The van der Waals surface area contributed by atoms with Gasteiger partial charge in [0.2, 0.25) is 0 Å². The Morgan fingerprint density at radius 2 is 2.19 bits per heavy atom. The topological polar surface area (TPSA) is 57.9 Å². The van der Waals surface area contributed by atoms with Crippen LogP contribution >= 0.6 is 15.9 Å². The second kappa shape index (κ2) is 7.21. The molecule has 21 heavy (non-hydrogen) atoms. The van der Waals surface area contributed by atoms with Crippen molar-refractivity contribution in [3.63, 3.8) is 0 Å². The number of pyridine rings is 1. The molecule has 0 saturated carbocycles. The number of nitriles is 1. The van der Waals surface area contributed by atoms with Gasteiger partial charge in [0.1, 0.15) is 24.1 Å². The summed E-state index contributed by atoms with van der Waals surface area (Å²) in [4.78, 5) is 3.95. The van der Waals surface area contributed by atoms with Crippen LogP contribution < -0.4 is 10.1 Å². The highest BCUT2D eigenvalue weighted by atomic mass is 79.9. The number of ether oxygens (including phenoxy) is 1. The molecule has 4 nitrogen and oxygen atoms in total. The van der Waals surface area contributed by atoms with Crippen LogP contribution in [0.5, 0.6) is 5.75 Å². The third-order valence-corrected chi connectivity index (χ3v) is 3.70. The Kier molecular flexibility index (Phi) is 5.32. The van der Waals surface area contributed by atoms with E-state index in [0.29, 0.717) is 12.3 Å². The highest BCUT2D eigenvalue weighted by Crippen LogP contribution is 2.29. The van der Waals surface area contributed by atoms with Crippen molar-refractivity contribution in [2.24, 2.45) is 0 Å².